The van der Waals surface area contributed by atoms with E-state index in [9.17, 15) is 14.9 Å². The number of nitro groups is 1. The summed E-state index contributed by atoms with van der Waals surface area (Å²) in [6.45, 7) is 1.96. The summed E-state index contributed by atoms with van der Waals surface area (Å²) < 4.78 is 0. The maximum Gasteiger partial charge on any atom is 0.276 e. The molecule has 84 valence electrons. The second-order valence-electron chi connectivity index (χ2n) is 3.40. The normalized spacial score (nSPS) is 11.2. The van der Waals surface area contributed by atoms with Crippen molar-refractivity contribution in [3.05, 3.63) is 45.5 Å². The number of carbonyl (C=O) groups is 1. The van der Waals surface area contributed by atoms with Crippen LogP contribution < -0.4 is 0 Å². The van der Waals surface area contributed by atoms with Crippen molar-refractivity contribution in [3.8, 4) is 0 Å². The number of aldehydes is 1. The van der Waals surface area contributed by atoms with Crippen molar-refractivity contribution >= 4 is 18.0 Å². The monoisotopic (exact) mass is 219 g/mol. The van der Waals surface area contributed by atoms with Crippen LogP contribution in [0.15, 0.2) is 29.8 Å². The predicted octanol–water partition coefficient (Wildman–Crippen LogP) is 2.98. The zero-order valence-corrected chi connectivity index (χ0v) is 9.05. The SMILES string of the molecule is CCCC(C=O)=Cc1ccccc1[N+](=O)[O-]. The van der Waals surface area contributed by atoms with Gasteiger partial charge in [-0.25, -0.2) is 0 Å². The molecule has 0 aromatic heterocycles. The zero-order chi connectivity index (χ0) is 12.0. The molecule has 0 bridgehead atoms. The van der Waals surface area contributed by atoms with Crippen LogP contribution >= 0.6 is 0 Å². The number of carbonyl (C=O) groups excluding carboxylic acids is 1. The average Bonchev–Trinajstić information content (AvgIpc) is 2.29. The molecule has 0 N–H and O–H groups in total. The molecule has 0 aliphatic rings. The molecule has 16 heavy (non-hydrogen) atoms. The third-order valence-electron chi connectivity index (χ3n) is 2.16. The van der Waals surface area contributed by atoms with Crippen LogP contribution in [0.1, 0.15) is 25.3 Å². The zero-order valence-electron chi connectivity index (χ0n) is 9.05. The molecular formula is C12H13NO3. The molecule has 1 rings (SSSR count). The molecule has 0 amide bonds. The lowest BCUT2D eigenvalue weighted by molar-refractivity contribution is -0.385. The summed E-state index contributed by atoms with van der Waals surface area (Å²) in [4.78, 5) is 21.0. The van der Waals surface area contributed by atoms with E-state index in [0.717, 1.165) is 12.7 Å². The highest BCUT2D eigenvalue weighted by molar-refractivity contribution is 5.83. The van der Waals surface area contributed by atoms with Crippen LogP contribution in [0.25, 0.3) is 6.08 Å². The van der Waals surface area contributed by atoms with Gasteiger partial charge in [0.2, 0.25) is 0 Å². The van der Waals surface area contributed by atoms with Crippen LogP contribution in [0.4, 0.5) is 5.69 Å². The minimum absolute atomic E-state index is 0.0259. The van der Waals surface area contributed by atoms with E-state index in [1.807, 2.05) is 6.92 Å². The van der Waals surface area contributed by atoms with Crippen LogP contribution in [0.3, 0.4) is 0 Å². The van der Waals surface area contributed by atoms with Crippen molar-refractivity contribution < 1.29 is 9.72 Å². The van der Waals surface area contributed by atoms with Gasteiger partial charge < -0.3 is 0 Å². The molecule has 4 heteroatoms. The number of rotatable bonds is 5. The molecule has 0 heterocycles. The van der Waals surface area contributed by atoms with Gasteiger partial charge in [0.05, 0.1) is 10.5 Å². The van der Waals surface area contributed by atoms with Crippen LogP contribution in [-0.4, -0.2) is 11.2 Å². The fourth-order valence-corrected chi connectivity index (χ4v) is 1.43. The standard InChI is InChI=1S/C12H13NO3/c1-2-5-10(9-14)8-11-6-3-4-7-12(11)13(15)16/h3-4,6-9H,2,5H2,1H3. The first-order valence-electron chi connectivity index (χ1n) is 5.08. The Bertz CT molecular complexity index is 424. The van der Waals surface area contributed by atoms with Crippen molar-refractivity contribution in [3.63, 3.8) is 0 Å². The first-order valence-corrected chi connectivity index (χ1v) is 5.08. The van der Waals surface area contributed by atoms with Crippen molar-refractivity contribution in [2.24, 2.45) is 0 Å². The maximum atomic E-state index is 10.7. The number of hydrogen-bond donors (Lipinski definition) is 0. The number of para-hydroxylation sites is 1. The van der Waals surface area contributed by atoms with Crippen molar-refractivity contribution in [2.45, 2.75) is 19.8 Å². The Balaban J connectivity index is 3.12. The van der Waals surface area contributed by atoms with Gasteiger partial charge in [-0.2, -0.15) is 0 Å². The van der Waals surface area contributed by atoms with E-state index in [4.69, 9.17) is 0 Å². The molecule has 4 nitrogen and oxygen atoms in total. The molecule has 0 aliphatic carbocycles. The maximum absolute atomic E-state index is 10.7. The van der Waals surface area contributed by atoms with Gasteiger partial charge in [0.1, 0.15) is 6.29 Å². The molecular weight excluding hydrogens is 206 g/mol. The van der Waals surface area contributed by atoms with Crippen LogP contribution in [-0.2, 0) is 4.79 Å². The Kier molecular flexibility index (Phi) is 4.39. The van der Waals surface area contributed by atoms with E-state index in [0.29, 0.717) is 17.6 Å². The summed E-state index contributed by atoms with van der Waals surface area (Å²) in [6.07, 6.45) is 3.80. The van der Waals surface area contributed by atoms with Crippen LogP contribution in [0, 0.1) is 10.1 Å². The Morgan fingerprint density at radius 2 is 2.12 bits per heavy atom. The molecule has 1 aromatic rings. The Labute approximate surface area is 93.7 Å². The lowest BCUT2D eigenvalue weighted by Gasteiger charge is -1.99. The van der Waals surface area contributed by atoms with Gasteiger partial charge in [-0.1, -0.05) is 25.5 Å². The molecule has 0 saturated carbocycles. The number of nitro benzene ring substituents is 1. The smallest absolute Gasteiger partial charge is 0.276 e. The number of allylic oxidation sites excluding steroid dienone is 1. The largest absolute Gasteiger partial charge is 0.298 e. The highest BCUT2D eigenvalue weighted by Gasteiger charge is 2.10. The van der Waals surface area contributed by atoms with Gasteiger partial charge >= 0.3 is 0 Å². The molecule has 1 aromatic carbocycles. The molecule has 0 unspecified atom stereocenters. The van der Waals surface area contributed by atoms with Gasteiger partial charge in [0.25, 0.3) is 5.69 Å². The van der Waals surface area contributed by atoms with E-state index in [1.165, 1.54) is 6.07 Å². The average molecular weight is 219 g/mol. The fraction of sp³-hybridized carbons (Fsp3) is 0.250. The predicted molar refractivity (Wildman–Crippen MR) is 62.0 cm³/mol. The van der Waals surface area contributed by atoms with Crippen molar-refractivity contribution in [2.75, 3.05) is 0 Å². The quantitative estimate of drug-likeness (QED) is 0.331. The lowest BCUT2D eigenvalue weighted by atomic mass is 10.1. The Morgan fingerprint density at radius 3 is 2.69 bits per heavy atom. The molecule has 0 radical (unpaired) electrons. The summed E-state index contributed by atoms with van der Waals surface area (Å²) in [6, 6.07) is 6.39. The van der Waals surface area contributed by atoms with Gasteiger partial charge in [0.15, 0.2) is 0 Å². The summed E-state index contributed by atoms with van der Waals surface area (Å²) in [5, 5.41) is 10.7. The summed E-state index contributed by atoms with van der Waals surface area (Å²) in [5.41, 5.74) is 1.08. The second-order valence-corrected chi connectivity index (χ2v) is 3.40. The molecule has 0 saturated heterocycles. The fourth-order valence-electron chi connectivity index (χ4n) is 1.43. The molecule has 0 fully saturated rings. The van der Waals surface area contributed by atoms with E-state index in [1.54, 1.807) is 24.3 Å². The van der Waals surface area contributed by atoms with E-state index < -0.39 is 4.92 Å². The van der Waals surface area contributed by atoms with Gasteiger partial charge in [-0.15, -0.1) is 0 Å². The van der Waals surface area contributed by atoms with E-state index >= 15 is 0 Å². The third kappa shape index (κ3) is 3.02. The highest BCUT2D eigenvalue weighted by atomic mass is 16.6. The van der Waals surface area contributed by atoms with Gasteiger partial charge in [-0.05, 0) is 24.1 Å². The number of hydrogen-bond acceptors (Lipinski definition) is 3. The van der Waals surface area contributed by atoms with Crippen molar-refractivity contribution in [1.29, 1.82) is 0 Å². The lowest BCUT2D eigenvalue weighted by Crippen LogP contribution is -1.92. The summed E-state index contributed by atoms with van der Waals surface area (Å²) in [5.74, 6) is 0. The first kappa shape index (κ1) is 12.1. The Morgan fingerprint density at radius 1 is 1.44 bits per heavy atom. The number of nitrogens with zero attached hydrogens (tertiary/aromatic N) is 1. The van der Waals surface area contributed by atoms with Gasteiger partial charge in [0, 0.05) is 6.07 Å². The summed E-state index contributed by atoms with van der Waals surface area (Å²) in [7, 11) is 0. The van der Waals surface area contributed by atoms with Crippen LogP contribution in [0.5, 0.6) is 0 Å². The summed E-state index contributed by atoms with van der Waals surface area (Å²) >= 11 is 0. The first-order chi connectivity index (χ1) is 7.69. The molecule has 0 atom stereocenters. The third-order valence-corrected chi connectivity index (χ3v) is 2.16. The minimum Gasteiger partial charge on any atom is -0.298 e. The van der Waals surface area contributed by atoms with Crippen molar-refractivity contribution in [1.82, 2.24) is 0 Å². The Hall–Kier alpha value is -1.97. The van der Waals surface area contributed by atoms with E-state index in [-0.39, 0.29) is 5.69 Å². The number of benzene rings is 1. The van der Waals surface area contributed by atoms with Crippen LogP contribution in [0.2, 0.25) is 0 Å². The minimum atomic E-state index is -0.444. The molecule has 0 aliphatic heterocycles. The van der Waals surface area contributed by atoms with E-state index in [2.05, 4.69) is 0 Å². The topological polar surface area (TPSA) is 60.2 Å². The molecule has 0 spiro atoms. The second kappa shape index (κ2) is 5.80. The highest BCUT2D eigenvalue weighted by Crippen LogP contribution is 2.21. The van der Waals surface area contributed by atoms with Gasteiger partial charge in [-0.3, -0.25) is 14.9 Å².